The van der Waals surface area contributed by atoms with Crippen molar-refractivity contribution in [1.29, 1.82) is 0 Å². The summed E-state index contributed by atoms with van der Waals surface area (Å²) in [6.45, 7) is 0.401. The molecule has 142 valence electrons. The van der Waals surface area contributed by atoms with Crippen molar-refractivity contribution in [2.75, 3.05) is 6.61 Å². The fraction of sp³-hybridized carbons (Fsp3) is 0.100. The van der Waals surface area contributed by atoms with E-state index in [0.29, 0.717) is 17.4 Å². The maximum atomic E-state index is 6.07. The van der Waals surface area contributed by atoms with E-state index in [2.05, 4.69) is 25.5 Å². The second-order valence-electron chi connectivity index (χ2n) is 6.56. The molecule has 0 amide bonds. The number of nitrogens with zero attached hydrogens (tertiary/aromatic N) is 5. The third-order valence-corrected chi connectivity index (χ3v) is 5.67. The monoisotopic (exact) mass is 402 g/mol. The molecule has 0 fully saturated rings. The molecule has 0 bridgehead atoms. The number of para-hydroxylation sites is 2. The van der Waals surface area contributed by atoms with Crippen LogP contribution in [0.15, 0.2) is 60.7 Å². The summed E-state index contributed by atoms with van der Waals surface area (Å²) in [7, 11) is 0. The molecule has 2 aromatic carbocycles. The molecule has 0 saturated heterocycles. The molecule has 9 heteroatoms. The number of fused-ring (bicyclic) bond motifs is 2. The van der Waals surface area contributed by atoms with Crippen LogP contribution in [0, 0.1) is 0 Å². The van der Waals surface area contributed by atoms with E-state index in [-0.39, 0.29) is 6.10 Å². The van der Waals surface area contributed by atoms with Crippen molar-refractivity contribution >= 4 is 16.3 Å². The van der Waals surface area contributed by atoms with Gasteiger partial charge in [-0.1, -0.05) is 53.8 Å². The summed E-state index contributed by atoms with van der Waals surface area (Å²) in [6, 6.07) is 19.5. The van der Waals surface area contributed by atoms with Gasteiger partial charge in [0.05, 0.1) is 5.69 Å². The molecule has 0 radical (unpaired) electrons. The first kappa shape index (κ1) is 16.3. The van der Waals surface area contributed by atoms with Gasteiger partial charge in [0.15, 0.2) is 22.6 Å². The van der Waals surface area contributed by atoms with Crippen molar-refractivity contribution in [3.63, 3.8) is 0 Å². The van der Waals surface area contributed by atoms with Crippen LogP contribution < -0.4 is 9.47 Å². The third-order valence-electron chi connectivity index (χ3n) is 4.68. The highest BCUT2D eigenvalue weighted by Gasteiger charge is 2.27. The Hall–Kier alpha value is -3.72. The van der Waals surface area contributed by atoms with Gasteiger partial charge in [-0.2, -0.15) is 14.7 Å². The minimum absolute atomic E-state index is 0.286. The smallest absolute Gasteiger partial charge is 0.235 e. The Morgan fingerprint density at radius 2 is 1.83 bits per heavy atom. The van der Waals surface area contributed by atoms with Gasteiger partial charge in [0, 0.05) is 5.56 Å². The number of benzene rings is 2. The topological polar surface area (TPSA) is 90.2 Å². The Kier molecular flexibility index (Phi) is 3.60. The van der Waals surface area contributed by atoms with Crippen LogP contribution in [0.2, 0.25) is 0 Å². The van der Waals surface area contributed by atoms with E-state index in [9.17, 15) is 0 Å². The summed E-state index contributed by atoms with van der Waals surface area (Å²) >= 11 is 1.44. The summed E-state index contributed by atoms with van der Waals surface area (Å²) in [5.74, 6) is 2.07. The van der Waals surface area contributed by atoms with Crippen molar-refractivity contribution in [3.8, 4) is 34.3 Å². The zero-order chi connectivity index (χ0) is 19.2. The maximum Gasteiger partial charge on any atom is 0.235 e. The Morgan fingerprint density at radius 1 is 1.00 bits per heavy atom. The molecular weight excluding hydrogens is 388 g/mol. The van der Waals surface area contributed by atoms with Gasteiger partial charge in [-0.25, -0.2) is 0 Å². The lowest BCUT2D eigenvalue weighted by Gasteiger charge is -2.24. The predicted octanol–water partition coefficient (Wildman–Crippen LogP) is 3.76. The predicted molar refractivity (Wildman–Crippen MR) is 107 cm³/mol. The van der Waals surface area contributed by atoms with E-state index in [1.165, 1.54) is 11.3 Å². The summed E-state index contributed by atoms with van der Waals surface area (Å²) in [5.41, 5.74) is 2.62. The molecule has 0 aliphatic carbocycles. The van der Waals surface area contributed by atoms with Crippen molar-refractivity contribution in [3.05, 3.63) is 65.7 Å². The first-order valence-corrected chi connectivity index (χ1v) is 9.88. The van der Waals surface area contributed by atoms with Gasteiger partial charge in [-0.3, -0.25) is 5.10 Å². The van der Waals surface area contributed by atoms with E-state index in [0.717, 1.165) is 33.5 Å². The van der Waals surface area contributed by atoms with Crippen molar-refractivity contribution < 1.29 is 9.47 Å². The Labute approximate surface area is 168 Å². The van der Waals surface area contributed by atoms with Crippen LogP contribution in [-0.4, -0.2) is 36.6 Å². The lowest BCUT2D eigenvalue weighted by atomic mass is 10.1. The molecule has 0 spiro atoms. The number of nitrogens with one attached hydrogen (secondary N) is 1. The van der Waals surface area contributed by atoms with Crippen LogP contribution in [0.5, 0.6) is 11.5 Å². The fourth-order valence-electron chi connectivity index (χ4n) is 3.26. The highest BCUT2D eigenvalue weighted by atomic mass is 32.1. The van der Waals surface area contributed by atoms with E-state index in [1.807, 2.05) is 60.7 Å². The number of hydrogen-bond donors (Lipinski definition) is 1. The molecule has 1 aliphatic heterocycles. The van der Waals surface area contributed by atoms with E-state index in [4.69, 9.17) is 9.47 Å². The average Bonchev–Trinajstić information content (AvgIpc) is 3.50. The average molecular weight is 402 g/mol. The minimum atomic E-state index is -0.286. The Morgan fingerprint density at radius 3 is 2.72 bits per heavy atom. The van der Waals surface area contributed by atoms with Crippen LogP contribution in [0.25, 0.3) is 27.7 Å². The molecule has 6 rings (SSSR count). The summed E-state index contributed by atoms with van der Waals surface area (Å²) in [6.07, 6.45) is -0.286. The largest absolute Gasteiger partial charge is 0.485 e. The van der Waals surface area contributed by atoms with Gasteiger partial charge in [0.1, 0.15) is 12.3 Å². The lowest BCUT2D eigenvalue weighted by molar-refractivity contribution is 0.0904. The molecule has 3 aromatic heterocycles. The lowest BCUT2D eigenvalue weighted by Crippen LogP contribution is -2.21. The van der Waals surface area contributed by atoms with Gasteiger partial charge in [0.2, 0.25) is 10.8 Å². The van der Waals surface area contributed by atoms with E-state index < -0.39 is 0 Å². The molecular formula is C20H14N6O2S. The molecule has 8 nitrogen and oxygen atoms in total. The second-order valence-corrected chi connectivity index (χ2v) is 7.54. The van der Waals surface area contributed by atoms with Crippen LogP contribution in [-0.2, 0) is 0 Å². The highest BCUT2D eigenvalue weighted by Crippen LogP contribution is 2.37. The Balaban J connectivity index is 1.33. The van der Waals surface area contributed by atoms with E-state index in [1.54, 1.807) is 4.52 Å². The number of aromatic nitrogens is 6. The molecule has 5 aromatic rings. The van der Waals surface area contributed by atoms with Gasteiger partial charge >= 0.3 is 0 Å². The van der Waals surface area contributed by atoms with Gasteiger partial charge in [-0.15, -0.1) is 10.2 Å². The van der Waals surface area contributed by atoms with Crippen molar-refractivity contribution in [1.82, 2.24) is 30.0 Å². The van der Waals surface area contributed by atoms with Crippen molar-refractivity contribution in [2.45, 2.75) is 6.10 Å². The third kappa shape index (κ3) is 2.74. The molecule has 4 heterocycles. The number of ether oxygens (including phenoxy) is 2. The highest BCUT2D eigenvalue weighted by molar-refractivity contribution is 7.16. The second kappa shape index (κ2) is 6.42. The molecule has 1 unspecified atom stereocenters. The summed E-state index contributed by atoms with van der Waals surface area (Å²) in [4.78, 5) is 0.688. The number of hydrogen-bond acceptors (Lipinski definition) is 7. The molecule has 1 aliphatic rings. The van der Waals surface area contributed by atoms with E-state index >= 15 is 0 Å². The van der Waals surface area contributed by atoms with Crippen molar-refractivity contribution in [2.24, 2.45) is 0 Å². The zero-order valence-electron chi connectivity index (χ0n) is 15.0. The molecule has 29 heavy (non-hydrogen) atoms. The normalized spacial score (nSPS) is 15.7. The first-order chi connectivity index (χ1) is 14.3. The molecule has 1 atom stereocenters. The maximum absolute atomic E-state index is 6.07. The standard InChI is InChI=1S/C20H14N6O2S/c1-2-6-12(7-3-1)13-10-14(22-21-13)18-23-24-20-26(18)25-19(29-20)17-11-27-15-8-4-5-9-16(15)28-17/h1-10,17H,11H2,(H,21,22). The minimum Gasteiger partial charge on any atom is -0.485 e. The molecule has 1 N–H and O–H groups in total. The zero-order valence-corrected chi connectivity index (χ0v) is 15.8. The summed E-state index contributed by atoms with van der Waals surface area (Å²) < 4.78 is 13.6. The van der Waals surface area contributed by atoms with Crippen LogP contribution >= 0.6 is 11.3 Å². The van der Waals surface area contributed by atoms with Gasteiger partial charge in [-0.05, 0) is 18.2 Å². The van der Waals surface area contributed by atoms with Crippen LogP contribution in [0.1, 0.15) is 11.1 Å². The molecule has 0 saturated carbocycles. The van der Waals surface area contributed by atoms with Crippen LogP contribution in [0.4, 0.5) is 0 Å². The number of H-pyrrole nitrogens is 1. The Bertz CT molecular complexity index is 1310. The van der Waals surface area contributed by atoms with Crippen LogP contribution in [0.3, 0.4) is 0 Å². The number of aromatic amines is 1. The number of rotatable bonds is 3. The fourth-order valence-corrected chi connectivity index (χ4v) is 4.12. The SMILES string of the molecule is c1ccc(-c2cc(-c3nnc4sc(C5COc6ccccc6O5)nn34)[nH]n2)cc1. The first-order valence-electron chi connectivity index (χ1n) is 9.07. The van der Waals surface area contributed by atoms with Gasteiger partial charge in [0.25, 0.3) is 0 Å². The van der Waals surface area contributed by atoms with Gasteiger partial charge < -0.3 is 9.47 Å². The summed E-state index contributed by atoms with van der Waals surface area (Å²) in [5, 5.41) is 21.4. The quantitative estimate of drug-likeness (QED) is 0.494.